The number of benzene rings is 2. The molecule has 2 aromatic heterocycles. The fraction of sp³-hybridized carbons (Fsp3) is 0.250. The van der Waals surface area contributed by atoms with Crippen molar-refractivity contribution in [3.8, 4) is 11.3 Å². The van der Waals surface area contributed by atoms with Crippen LogP contribution < -0.4 is 10.9 Å². The van der Waals surface area contributed by atoms with Gasteiger partial charge in [0.25, 0.3) is 5.56 Å². The average molecular weight is 431 g/mol. The van der Waals surface area contributed by atoms with Gasteiger partial charge in [0.1, 0.15) is 5.82 Å². The molecule has 1 amide bonds. The number of fused-ring (bicyclic) bond motifs is 1. The highest BCUT2D eigenvalue weighted by molar-refractivity contribution is 7.09. The van der Waals surface area contributed by atoms with Crippen molar-refractivity contribution in [3.63, 3.8) is 0 Å². The van der Waals surface area contributed by atoms with Gasteiger partial charge in [-0.1, -0.05) is 24.3 Å². The Hall–Kier alpha value is -3.32. The maximum Gasteiger partial charge on any atom is 0.261 e. The standard InChI is InChI=1S/C24H22N4O2S/c1-15-25-21(14-31-15)16-6-8-17(9-7-16)26-23(29)13-12-22-27-20-5-3-2-4-19(20)24(30)28(22)18-10-11-18/h2-9,14,18H,10-13H2,1H3,(H,26,29). The SMILES string of the molecule is Cc1nc(-c2ccc(NC(=O)CCc3nc4ccccc4c(=O)n3C3CC3)cc2)cs1. The minimum Gasteiger partial charge on any atom is -0.326 e. The van der Waals surface area contributed by atoms with Crippen molar-refractivity contribution < 1.29 is 4.79 Å². The van der Waals surface area contributed by atoms with Gasteiger partial charge in [0.15, 0.2) is 0 Å². The predicted octanol–water partition coefficient (Wildman–Crippen LogP) is 4.73. The quantitative estimate of drug-likeness (QED) is 0.480. The van der Waals surface area contributed by atoms with Crippen LogP contribution in [0.15, 0.2) is 58.7 Å². The number of aromatic nitrogens is 3. The number of hydrogen-bond acceptors (Lipinski definition) is 5. The lowest BCUT2D eigenvalue weighted by Gasteiger charge is -2.13. The highest BCUT2D eigenvalue weighted by atomic mass is 32.1. The van der Waals surface area contributed by atoms with Crippen LogP contribution in [-0.2, 0) is 11.2 Å². The molecule has 0 atom stereocenters. The Balaban J connectivity index is 1.29. The molecule has 31 heavy (non-hydrogen) atoms. The number of carbonyl (C=O) groups is 1. The maximum absolute atomic E-state index is 12.9. The average Bonchev–Trinajstić information content (AvgIpc) is 3.52. The molecule has 2 heterocycles. The molecule has 0 radical (unpaired) electrons. The van der Waals surface area contributed by atoms with E-state index in [9.17, 15) is 9.59 Å². The van der Waals surface area contributed by atoms with Crippen molar-refractivity contribution in [2.45, 2.75) is 38.6 Å². The van der Waals surface area contributed by atoms with Gasteiger partial charge in [-0.3, -0.25) is 14.2 Å². The lowest BCUT2D eigenvalue weighted by molar-refractivity contribution is -0.116. The van der Waals surface area contributed by atoms with E-state index in [1.807, 2.05) is 60.8 Å². The van der Waals surface area contributed by atoms with Crippen LogP contribution >= 0.6 is 11.3 Å². The second kappa shape index (κ2) is 8.07. The van der Waals surface area contributed by atoms with Gasteiger partial charge in [-0.2, -0.15) is 0 Å². The van der Waals surface area contributed by atoms with Gasteiger partial charge in [0.2, 0.25) is 5.91 Å². The first-order valence-corrected chi connectivity index (χ1v) is 11.3. The van der Waals surface area contributed by atoms with Crippen molar-refractivity contribution in [2.75, 3.05) is 5.32 Å². The zero-order valence-electron chi connectivity index (χ0n) is 17.2. The fourth-order valence-electron chi connectivity index (χ4n) is 3.75. The molecule has 1 aliphatic carbocycles. The number of hydrogen-bond donors (Lipinski definition) is 1. The van der Waals surface area contributed by atoms with Crippen LogP contribution in [0.1, 0.15) is 36.1 Å². The lowest BCUT2D eigenvalue weighted by Crippen LogP contribution is -2.25. The summed E-state index contributed by atoms with van der Waals surface area (Å²) in [7, 11) is 0. The lowest BCUT2D eigenvalue weighted by atomic mass is 10.1. The number of rotatable bonds is 6. The topological polar surface area (TPSA) is 76.9 Å². The van der Waals surface area contributed by atoms with Crippen molar-refractivity contribution in [1.29, 1.82) is 0 Å². The zero-order chi connectivity index (χ0) is 21.4. The first kappa shape index (κ1) is 19.6. The van der Waals surface area contributed by atoms with Crippen molar-refractivity contribution in [2.24, 2.45) is 0 Å². The van der Waals surface area contributed by atoms with E-state index in [0.29, 0.717) is 23.1 Å². The summed E-state index contributed by atoms with van der Waals surface area (Å²) in [5.41, 5.74) is 3.40. The Morgan fingerprint density at radius 1 is 1.13 bits per heavy atom. The zero-order valence-corrected chi connectivity index (χ0v) is 18.0. The van der Waals surface area contributed by atoms with Gasteiger partial charge in [-0.25, -0.2) is 9.97 Å². The third-order valence-electron chi connectivity index (χ3n) is 5.45. The molecule has 5 rings (SSSR count). The second-order valence-electron chi connectivity index (χ2n) is 7.83. The number of nitrogens with one attached hydrogen (secondary N) is 1. The Kier molecular flexibility index (Phi) is 5.11. The molecular weight excluding hydrogens is 408 g/mol. The number of anilines is 1. The Morgan fingerprint density at radius 2 is 1.90 bits per heavy atom. The fourth-order valence-corrected chi connectivity index (χ4v) is 4.37. The summed E-state index contributed by atoms with van der Waals surface area (Å²) in [5, 5.41) is 6.63. The molecule has 156 valence electrons. The van der Waals surface area contributed by atoms with Gasteiger partial charge in [-0.15, -0.1) is 11.3 Å². The summed E-state index contributed by atoms with van der Waals surface area (Å²) in [6, 6.07) is 15.3. The molecule has 0 bridgehead atoms. The molecular formula is C24H22N4O2S. The number of carbonyl (C=O) groups excluding carboxylic acids is 1. The van der Waals surface area contributed by atoms with Gasteiger partial charge in [0.05, 0.1) is 21.6 Å². The summed E-state index contributed by atoms with van der Waals surface area (Å²) in [5.74, 6) is 0.595. The monoisotopic (exact) mass is 430 g/mol. The van der Waals surface area contributed by atoms with E-state index in [2.05, 4.69) is 10.3 Å². The van der Waals surface area contributed by atoms with E-state index in [-0.39, 0.29) is 23.9 Å². The van der Waals surface area contributed by atoms with E-state index in [1.165, 1.54) is 0 Å². The van der Waals surface area contributed by atoms with Crippen molar-refractivity contribution in [3.05, 3.63) is 75.1 Å². The van der Waals surface area contributed by atoms with E-state index in [1.54, 1.807) is 15.9 Å². The third kappa shape index (κ3) is 4.14. The summed E-state index contributed by atoms with van der Waals surface area (Å²) in [6.07, 6.45) is 2.68. The molecule has 1 aliphatic rings. The smallest absolute Gasteiger partial charge is 0.261 e. The molecule has 1 N–H and O–H groups in total. The van der Waals surface area contributed by atoms with Crippen LogP contribution in [0.25, 0.3) is 22.2 Å². The first-order chi connectivity index (χ1) is 15.1. The molecule has 0 saturated heterocycles. The first-order valence-electron chi connectivity index (χ1n) is 10.4. The van der Waals surface area contributed by atoms with E-state index in [4.69, 9.17) is 4.98 Å². The normalized spacial score (nSPS) is 13.5. The highest BCUT2D eigenvalue weighted by Gasteiger charge is 2.28. The number of amides is 1. The number of thiazole rings is 1. The Labute approximate surface area is 183 Å². The molecule has 0 aliphatic heterocycles. The van der Waals surface area contributed by atoms with Crippen molar-refractivity contribution in [1.82, 2.24) is 14.5 Å². The number of para-hydroxylation sites is 1. The molecule has 2 aromatic carbocycles. The molecule has 0 unspecified atom stereocenters. The number of nitrogens with zero attached hydrogens (tertiary/aromatic N) is 3. The van der Waals surface area contributed by atoms with Crippen LogP contribution in [0.2, 0.25) is 0 Å². The van der Waals surface area contributed by atoms with Gasteiger partial charge in [0, 0.05) is 35.5 Å². The van der Waals surface area contributed by atoms with Crippen LogP contribution in [0.4, 0.5) is 5.69 Å². The maximum atomic E-state index is 12.9. The van der Waals surface area contributed by atoms with Gasteiger partial charge >= 0.3 is 0 Å². The predicted molar refractivity (Wildman–Crippen MR) is 124 cm³/mol. The van der Waals surface area contributed by atoms with Gasteiger partial charge < -0.3 is 5.32 Å². The number of aryl methyl sites for hydroxylation is 2. The van der Waals surface area contributed by atoms with Crippen LogP contribution in [-0.4, -0.2) is 20.4 Å². The van der Waals surface area contributed by atoms with Gasteiger partial charge in [-0.05, 0) is 44.0 Å². The van der Waals surface area contributed by atoms with Crippen LogP contribution in [0.5, 0.6) is 0 Å². The minimum atomic E-state index is -0.0954. The molecule has 0 spiro atoms. The molecule has 6 nitrogen and oxygen atoms in total. The summed E-state index contributed by atoms with van der Waals surface area (Å²) >= 11 is 1.62. The summed E-state index contributed by atoms with van der Waals surface area (Å²) in [6.45, 7) is 1.98. The Morgan fingerprint density at radius 3 is 2.61 bits per heavy atom. The summed E-state index contributed by atoms with van der Waals surface area (Å²) < 4.78 is 1.79. The molecule has 4 aromatic rings. The largest absolute Gasteiger partial charge is 0.326 e. The molecule has 1 saturated carbocycles. The second-order valence-corrected chi connectivity index (χ2v) is 8.89. The summed E-state index contributed by atoms with van der Waals surface area (Å²) in [4.78, 5) is 34.7. The van der Waals surface area contributed by atoms with E-state index >= 15 is 0 Å². The highest BCUT2D eigenvalue weighted by Crippen LogP contribution is 2.35. The van der Waals surface area contributed by atoms with E-state index < -0.39 is 0 Å². The van der Waals surface area contributed by atoms with Crippen LogP contribution in [0, 0.1) is 6.92 Å². The molecule has 1 fully saturated rings. The minimum absolute atomic E-state index is 0.00336. The van der Waals surface area contributed by atoms with E-state index in [0.717, 1.165) is 34.8 Å². The Bertz CT molecular complexity index is 1320. The van der Waals surface area contributed by atoms with Crippen LogP contribution in [0.3, 0.4) is 0 Å². The van der Waals surface area contributed by atoms with Crippen molar-refractivity contribution >= 4 is 33.8 Å². The third-order valence-corrected chi connectivity index (χ3v) is 6.23. The molecule has 7 heteroatoms.